The minimum absolute atomic E-state index is 0.127. The third-order valence-electron chi connectivity index (χ3n) is 0.254. The van der Waals surface area contributed by atoms with Gasteiger partial charge < -0.3 is 4.84 Å². The van der Waals surface area contributed by atoms with E-state index in [-0.39, 0.29) is 6.10 Å². The van der Waals surface area contributed by atoms with Gasteiger partial charge >= 0.3 is 0 Å². The van der Waals surface area contributed by atoms with E-state index in [4.69, 9.17) is 0 Å². The highest BCUT2D eigenvalue weighted by molar-refractivity contribution is 7.47. The Balaban J connectivity index is 2.81. The lowest BCUT2D eigenvalue weighted by Gasteiger charge is -1.95. The van der Waals surface area contributed by atoms with Gasteiger partial charge in [0.05, 0.1) is 12.4 Å². The Morgan fingerprint density at radius 3 is 2.17 bits per heavy atom. The Morgan fingerprint density at radius 2 is 2.17 bits per heavy atom. The van der Waals surface area contributed by atoms with Crippen molar-refractivity contribution in [2.45, 2.75) is 20.0 Å². The molecule has 3 heteroatoms. The molecule has 0 saturated heterocycles. The zero-order valence-electron chi connectivity index (χ0n) is 3.84. The molecule has 0 unspecified atom stereocenters. The van der Waals surface area contributed by atoms with Gasteiger partial charge in [-0.05, 0) is 18.4 Å². The number of nitrogens with zero attached hydrogens (tertiary/aromatic N) is 1. The molecule has 0 saturated carbocycles. The summed E-state index contributed by atoms with van der Waals surface area (Å²) in [4.78, 5) is 4.48. The lowest BCUT2D eigenvalue weighted by atomic mass is 10.5. The summed E-state index contributed by atoms with van der Waals surface area (Å²) in [5.41, 5.74) is 0. The monoisotopic (exact) mass is 105 g/mol. The lowest BCUT2D eigenvalue weighted by molar-refractivity contribution is 0.0923. The minimum atomic E-state index is 0.127. The second kappa shape index (κ2) is 3.03. The minimum Gasteiger partial charge on any atom is -0.383 e. The van der Waals surface area contributed by atoms with Gasteiger partial charge in [-0.2, -0.15) is 0 Å². The van der Waals surface area contributed by atoms with Gasteiger partial charge in [-0.3, -0.25) is 0 Å². The molecule has 0 amide bonds. The SMILES string of the molecule is CC(C)ON=S. The molecular formula is C3H7NOS. The van der Waals surface area contributed by atoms with Gasteiger partial charge in [0.1, 0.15) is 6.10 Å². The predicted molar refractivity (Wildman–Crippen MR) is 26.0 cm³/mol. The van der Waals surface area contributed by atoms with E-state index >= 15 is 0 Å². The van der Waals surface area contributed by atoms with Crippen LogP contribution in [0.15, 0.2) is 4.53 Å². The van der Waals surface area contributed by atoms with Crippen molar-refractivity contribution in [3.8, 4) is 0 Å². The van der Waals surface area contributed by atoms with Gasteiger partial charge in [0.15, 0.2) is 0 Å². The van der Waals surface area contributed by atoms with E-state index in [1.54, 1.807) is 0 Å². The van der Waals surface area contributed by atoms with Crippen molar-refractivity contribution >= 4 is 12.4 Å². The highest BCUT2D eigenvalue weighted by atomic mass is 32.1. The standard InChI is InChI=1S/C3H7NOS/c1-3(2)5-4-6/h3H,1-2H3. The van der Waals surface area contributed by atoms with Crippen LogP contribution in [0.25, 0.3) is 0 Å². The van der Waals surface area contributed by atoms with E-state index in [0.29, 0.717) is 0 Å². The van der Waals surface area contributed by atoms with E-state index in [2.05, 4.69) is 21.8 Å². The molecule has 0 spiro atoms. The summed E-state index contributed by atoms with van der Waals surface area (Å²) in [5.74, 6) is 0. The number of hydrogen-bond donors (Lipinski definition) is 0. The van der Waals surface area contributed by atoms with Crippen LogP contribution in [0.4, 0.5) is 0 Å². The zero-order valence-corrected chi connectivity index (χ0v) is 4.66. The van der Waals surface area contributed by atoms with Crippen molar-refractivity contribution < 1.29 is 4.84 Å². The summed E-state index contributed by atoms with van der Waals surface area (Å²) in [6.07, 6.45) is 0.127. The van der Waals surface area contributed by atoms with Gasteiger partial charge in [0, 0.05) is 0 Å². The van der Waals surface area contributed by atoms with Gasteiger partial charge in [0.25, 0.3) is 0 Å². The van der Waals surface area contributed by atoms with Crippen molar-refractivity contribution in [3.63, 3.8) is 0 Å². The Bertz CT molecular complexity index is 46.1. The van der Waals surface area contributed by atoms with Crippen LogP contribution in [0.3, 0.4) is 0 Å². The molecule has 0 fully saturated rings. The quantitative estimate of drug-likeness (QED) is 0.490. The number of hydrogen-bond acceptors (Lipinski definition) is 3. The first kappa shape index (κ1) is 5.82. The van der Waals surface area contributed by atoms with Crippen molar-refractivity contribution in [3.05, 3.63) is 0 Å². The maximum absolute atomic E-state index is 4.48. The molecule has 0 aromatic carbocycles. The van der Waals surface area contributed by atoms with Crippen LogP contribution in [-0.2, 0) is 17.3 Å². The molecular weight excluding hydrogens is 98.1 g/mol. The van der Waals surface area contributed by atoms with Gasteiger partial charge in [-0.15, -0.1) is 0 Å². The van der Waals surface area contributed by atoms with Crippen LogP contribution in [0.2, 0.25) is 0 Å². The molecule has 6 heavy (non-hydrogen) atoms. The van der Waals surface area contributed by atoms with Gasteiger partial charge in [0.2, 0.25) is 0 Å². The summed E-state index contributed by atoms with van der Waals surface area (Å²) in [7, 11) is 0. The van der Waals surface area contributed by atoms with Crippen LogP contribution in [0.1, 0.15) is 13.8 Å². The third-order valence-corrected chi connectivity index (χ3v) is 0.340. The molecule has 0 aliphatic heterocycles. The molecule has 36 valence electrons. The average molecular weight is 105 g/mol. The van der Waals surface area contributed by atoms with Crippen molar-refractivity contribution in [2.24, 2.45) is 4.53 Å². The molecule has 0 heterocycles. The van der Waals surface area contributed by atoms with Crippen LogP contribution in [0.5, 0.6) is 0 Å². The maximum atomic E-state index is 4.48. The van der Waals surface area contributed by atoms with Crippen LogP contribution in [-0.4, -0.2) is 6.10 Å². The topological polar surface area (TPSA) is 21.6 Å². The first-order valence-electron chi connectivity index (χ1n) is 1.76. The number of rotatable bonds is 2. The Kier molecular flexibility index (Phi) is 2.94. The van der Waals surface area contributed by atoms with Crippen LogP contribution >= 0.6 is 0 Å². The lowest BCUT2D eigenvalue weighted by Crippen LogP contribution is -1.93. The van der Waals surface area contributed by atoms with Crippen molar-refractivity contribution in [1.82, 2.24) is 0 Å². The molecule has 0 aromatic rings. The maximum Gasteiger partial charge on any atom is 0.123 e. The molecule has 0 bridgehead atoms. The summed E-state index contributed by atoms with van der Waals surface area (Å²) in [6.45, 7) is 3.74. The summed E-state index contributed by atoms with van der Waals surface area (Å²) in [6, 6.07) is 0. The van der Waals surface area contributed by atoms with Gasteiger partial charge in [-0.1, -0.05) is 0 Å². The second-order valence-corrected chi connectivity index (χ2v) is 1.38. The molecule has 0 aliphatic carbocycles. The normalized spacial score (nSPS) is 8.50. The fraction of sp³-hybridized carbons (Fsp3) is 1.00. The van der Waals surface area contributed by atoms with Crippen LogP contribution in [0, 0.1) is 0 Å². The first-order chi connectivity index (χ1) is 2.77. The van der Waals surface area contributed by atoms with E-state index in [0.717, 1.165) is 0 Å². The van der Waals surface area contributed by atoms with E-state index in [1.165, 1.54) is 0 Å². The zero-order chi connectivity index (χ0) is 4.99. The fourth-order valence-corrected chi connectivity index (χ4v) is 0.258. The molecule has 0 aromatic heterocycles. The largest absolute Gasteiger partial charge is 0.383 e. The Labute approximate surface area is 42.6 Å². The molecule has 0 atom stereocenters. The van der Waals surface area contributed by atoms with E-state index in [1.807, 2.05) is 13.8 Å². The Hall–Kier alpha value is -0.180. The fourth-order valence-electron chi connectivity index (χ4n) is 0.0861. The summed E-state index contributed by atoms with van der Waals surface area (Å²) in [5, 5.41) is 0. The van der Waals surface area contributed by atoms with E-state index < -0.39 is 0 Å². The van der Waals surface area contributed by atoms with Crippen LogP contribution < -0.4 is 0 Å². The second-order valence-electron chi connectivity index (χ2n) is 1.23. The van der Waals surface area contributed by atoms with Crippen molar-refractivity contribution in [1.29, 1.82) is 0 Å². The molecule has 2 nitrogen and oxygen atoms in total. The highest BCUT2D eigenvalue weighted by Crippen LogP contribution is 1.83. The Morgan fingerprint density at radius 1 is 1.67 bits per heavy atom. The predicted octanol–water partition coefficient (Wildman–Crippen LogP) is 1.06. The van der Waals surface area contributed by atoms with Crippen molar-refractivity contribution in [2.75, 3.05) is 0 Å². The molecule has 0 radical (unpaired) electrons. The first-order valence-corrected chi connectivity index (χ1v) is 2.12. The molecule has 0 aliphatic rings. The average Bonchev–Trinajstić information content (AvgIpc) is 1.35. The van der Waals surface area contributed by atoms with Gasteiger partial charge in [-0.25, -0.2) is 0 Å². The summed E-state index contributed by atoms with van der Waals surface area (Å²) < 4.78 is 3.02. The molecule has 0 N–H and O–H groups in total. The third kappa shape index (κ3) is 3.82. The highest BCUT2D eigenvalue weighted by Gasteiger charge is 1.84. The molecule has 0 rings (SSSR count). The van der Waals surface area contributed by atoms with E-state index in [9.17, 15) is 0 Å². The smallest absolute Gasteiger partial charge is 0.123 e. The summed E-state index contributed by atoms with van der Waals surface area (Å²) >= 11 is 4.13.